The molecule has 1 amide bonds. The van der Waals surface area contributed by atoms with E-state index in [0.717, 1.165) is 6.07 Å². The molecule has 0 aliphatic rings. The highest BCUT2D eigenvalue weighted by Gasteiger charge is 2.15. The van der Waals surface area contributed by atoms with Gasteiger partial charge in [0, 0.05) is 31.0 Å². The smallest absolute Gasteiger partial charge is 0.224 e. The zero-order chi connectivity index (χ0) is 13.7. The molecule has 2 atom stereocenters. The molecule has 2 unspecified atom stereocenters. The van der Waals surface area contributed by atoms with Gasteiger partial charge in [0.2, 0.25) is 5.91 Å². The number of carbonyl (C=O) groups is 1. The summed E-state index contributed by atoms with van der Waals surface area (Å²) in [7, 11) is 0. The van der Waals surface area contributed by atoms with Crippen LogP contribution in [0.4, 0.5) is 8.78 Å². The van der Waals surface area contributed by atoms with E-state index >= 15 is 0 Å². The predicted octanol–water partition coefficient (Wildman–Crippen LogP) is 2.20. The van der Waals surface area contributed by atoms with Crippen LogP contribution in [0.15, 0.2) is 18.2 Å². The average Bonchev–Trinajstić information content (AvgIpc) is 2.34. The van der Waals surface area contributed by atoms with E-state index in [0.29, 0.717) is 12.1 Å². The quantitative estimate of drug-likeness (QED) is 0.874. The lowest BCUT2D eigenvalue weighted by Crippen LogP contribution is -2.35. The summed E-state index contributed by atoms with van der Waals surface area (Å²) in [6.45, 7) is 4.05. The largest absolute Gasteiger partial charge is 0.355 e. The summed E-state index contributed by atoms with van der Waals surface area (Å²) in [6.07, 6.45) is 0. The molecule has 1 aromatic carbocycles. The van der Waals surface area contributed by atoms with Gasteiger partial charge in [-0.3, -0.25) is 4.79 Å². The second kappa shape index (κ2) is 8.07. The maximum atomic E-state index is 13.5. The Morgan fingerprint density at radius 1 is 1.37 bits per heavy atom. The van der Waals surface area contributed by atoms with Gasteiger partial charge in [0.15, 0.2) is 0 Å². The number of amides is 1. The van der Waals surface area contributed by atoms with Crippen LogP contribution in [0, 0.1) is 17.6 Å². The summed E-state index contributed by atoms with van der Waals surface area (Å²) < 4.78 is 26.2. The molecule has 108 valence electrons. The molecule has 3 nitrogen and oxygen atoms in total. The normalized spacial score (nSPS) is 13.3. The van der Waals surface area contributed by atoms with E-state index in [9.17, 15) is 13.6 Å². The molecule has 1 aromatic rings. The number of carbonyl (C=O) groups excluding carboxylic acids is 1. The Labute approximate surface area is 118 Å². The van der Waals surface area contributed by atoms with Crippen LogP contribution in [-0.4, -0.2) is 19.0 Å². The molecule has 0 radical (unpaired) electrons. The van der Waals surface area contributed by atoms with Crippen LogP contribution in [0.1, 0.15) is 25.3 Å². The fourth-order valence-electron chi connectivity index (χ4n) is 1.55. The zero-order valence-electron chi connectivity index (χ0n) is 11.0. The Morgan fingerprint density at radius 2 is 2.00 bits per heavy atom. The molecular formula is C13H19ClF2N2O. The van der Waals surface area contributed by atoms with Gasteiger partial charge in [-0.25, -0.2) is 8.78 Å². The van der Waals surface area contributed by atoms with Gasteiger partial charge in [-0.1, -0.05) is 19.9 Å². The second-order valence-corrected chi connectivity index (χ2v) is 4.45. The molecule has 0 saturated heterocycles. The Balaban J connectivity index is 0.00000324. The first-order valence-electron chi connectivity index (χ1n) is 5.88. The van der Waals surface area contributed by atoms with Crippen molar-refractivity contribution in [2.24, 2.45) is 11.7 Å². The van der Waals surface area contributed by atoms with E-state index in [1.54, 1.807) is 13.8 Å². The summed E-state index contributed by atoms with van der Waals surface area (Å²) in [4.78, 5) is 11.5. The molecule has 0 spiro atoms. The standard InChI is InChI=1S/C13H18F2N2O.ClH/c1-8(6-16)13(18)17-7-9(2)11-4-3-10(14)5-12(11)15;/h3-5,8-9H,6-7,16H2,1-2H3,(H,17,18);1H. The summed E-state index contributed by atoms with van der Waals surface area (Å²) in [5.41, 5.74) is 5.75. The SMILES string of the molecule is CC(CN)C(=O)NCC(C)c1ccc(F)cc1F.Cl. The van der Waals surface area contributed by atoms with Crippen molar-refractivity contribution in [3.05, 3.63) is 35.4 Å². The van der Waals surface area contributed by atoms with Gasteiger partial charge in [0.25, 0.3) is 0 Å². The fraction of sp³-hybridized carbons (Fsp3) is 0.462. The Kier molecular flexibility index (Phi) is 7.56. The van der Waals surface area contributed by atoms with Gasteiger partial charge in [-0.05, 0) is 11.6 Å². The lowest BCUT2D eigenvalue weighted by molar-refractivity contribution is -0.124. The van der Waals surface area contributed by atoms with Gasteiger partial charge in [0.1, 0.15) is 11.6 Å². The molecule has 3 N–H and O–H groups in total. The number of hydrogen-bond acceptors (Lipinski definition) is 2. The summed E-state index contributed by atoms with van der Waals surface area (Å²) in [5, 5.41) is 2.69. The molecule has 0 bridgehead atoms. The highest BCUT2D eigenvalue weighted by Crippen LogP contribution is 2.19. The van der Waals surface area contributed by atoms with E-state index < -0.39 is 11.6 Å². The molecular weight excluding hydrogens is 274 g/mol. The van der Waals surface area contributed by atoms with Crippen LogP contribution < -0.4 is 11.1 Å². The Morgan fingerprint density at radius 3 is 2.53 bits per heavy atom. The fourth-order valence-corrected chi connectivity index (χ4v) is 1.55. The van der Waals surface area contributed by atoms with Gasteiger partial charge < -0.3 is 11.1 Å². The van der Waals surface area contributed by atoms with Crippen molar-refractivity contribution in [3.8, 4) is 0 Å². The Bertz CT molecular complexity index is 429. The van der Waals surface area contributed by atoms with E-state index in [-0.39, 0.29) is 36.7 Å². The molecule has 0 aliphatic heterocycles. The molecule has 19 heavy (non-hydrogen) atoms. The molecule has 1 rings (SSSR count). The van der Waals surface area contributed by atoms with Crippen molar-refractivity contribution in [2.45, 2.75) is 19.8 Å². The third-order valence-corrected chi connectivity index (χ3v) is 2.88. The molecule has 6 heteroatoms. The molecule has 0 aliphatic carbocycles. The van der Waals surface area contributed by atoms with E-state index in [4.69, 9.17) is 5.73 Å². The Hall–Kier alpha value is -1.20. The first kappa shape index (κ1) is 17.8. The van der Waals surface area contributed by atoms with E-state index in [1.807, 2.05) is 0 Å². The van der Waals surface area contributed by atoms with Gasteiger partial charge in [0.05, 0.1) is 0 Å². The first-order valence-corrected chi connectivity index (χ1v) is 5.88. The summed E-state index contributed by atoms with van der Waals surface area (Å²) >= 11 is 0. The lowest BCUT2D eigenvalue weighted by Gasteiger charge is -2.16. The molecule has 0 heterocycles. The minimum Gasteiger partial charge on any atom is -0.355 e. The van der Waals surface area contributed by atoms with Crippen LogP contribution in [0.2, 0.25) is 0 Å². The van der Waals surface area contributed by atoms with Crippen LogP contribution in [0.5, 0.6) is 0 Å². The van der Waals surface area contributed by atoms with Gasteiger partial charge in [-0.2, -0.15) is 0 Å². The number of nitrogens with one attached hydrogen (secondary N) is 1. The lowest BCUT2D eigenvalue weighted by atomic mass is 10.00. The van der Waals surface area contributed by atoms with Crippen LogP contribution in [-0.2, 0) is 4.79 Å². The van der Waals surface area contributed by atoms with Gasteiger partial charge >= 0.3 is 0 Å². The third kappa shape index (κ3) is 5.12. The summed E-state index contributed by atoms with van der Waals surface area (Å²) in [6, 6.07) is 3.45. The van der Waals surface area contributed by atoms with Crippen molar-refractivity contribution >= 4 is 18.3 Å². The number of rotatable bonds is 5. The topological polar surface area (TPSA) is 55.1 Å². The van der Waals surface area contributed by atoms with Crippen LogP contribution >= 0.6 is 12.4 Å². The van der Waals surface area contributed by atoms with E-state index in [1.165, 1.54) is 12.1 Å². The van der Waals surface area contributed by atoms with Crippen LogP contribution in [0.3, 0.4) is 0 Å². The van der Waals surface area contributed by atoms with Crippen molar-refractivity contribution < 1.29 is 13.6 Å². The van der Waals surface area contributed by atoms with Crippen LogP contribution in [0.25, 0.3) is 0 Å². The highest BCUT2D eigenvalue weighted by atomic mass is 35.5. The predicted molar refractivity (Wildman–Crippen MR) is 73.2 cm³/mol. The molecule has 0 fully saturated rings. The first-order chi connectivity index (χ1) is 8.45. The van der Waals surface area contributed by atoms with E-state index in [2.05, 4.69) is 5.32 Å². The third-order valence-electron chi connectivity index (χ3n) is 2.88. The maximum Gasteiger partial charge on any atom is 0.224 e. The molecule has 0 aromatic heterocycles. The molecule has 0 saturated carbocycles. The minimum absolute atomic E-state index is 0. The number of benzene rings is 1. The maximum absolute atomic E-state index is 13.5. The number of hydrogen-bond donors (Lipinski definition) is 2. The number of halogens is 3. The van der Waals surface area contributed by atoms with Crippen molar-refractivity contribution in [1.82, 2.24) is 5.32 Å². The number of nitrogens with two attached hydrogens (primary N) is 1. The average molecular weight is 293 g/mol. The van der Waals surface area contributed by atoms with Crippen molar-refractivity contribution in [2.75, 3.05) is 13.1 Å². The van der Waals surface area contributed by atoms with Gasteiger partial charge in [-0.15, -0.1) is 12.4 Å². The highest BCUT2D eigenvalue weighted by molar-refractivity contribution is 5.85. The monoisotopic (exact) mass is 292 g/mol. The summed E-state index contributed by atoms with van der Waals surface area (Å²) in [5.74, 6) is -1.85. The second-order valence-electron chi connectivity index (χ2n) is 4.45. The van der Waals surface area contributed by atoms with Crippen molar-refractivity contribution in [1.29, 1.82) is 0 Å². The minimum atomic E-state index is -0.607. The zero-order valence-corrected chi connectivity index (χ0v) is 11.8. The van der Waals surface area contributed by atoms with Crippen molar-refractivity contribution in [3.63, 3.8) is 0 Å².